The summed E-state index contributed by atoms with van der Waals surface area (Å²) in [5, 5.41) is 0. The molecule has 2 aliphatic heterocycles. The van der Waals surface area contributed by atoms with E-state index < -0.39 is 0 Å². The van der Waals surface area contributed by atoms with Crippen molar-refractivity contribution in [3.8, 4) is 0 Å². The van der Waals surface area contributed by atoms with Crippen molar-refractivity contribution in [3.63, 3.8) is 0 Å². The third-order valence-electron chi connectivity index (χ3n) is 5.28. The van der Waals surface area contributed by atoms with Crippen LogP contribution >= 0.6 is 0 Å². The van der Waals surface area contributed by atoms with Crippen molar-refractivity contribution >= 4 is 17.5 Å². The van der Waals surface area contributed by atoms with E-state index in [0.29, 0.717) is 13.0 Å². The van der Waals surface area contributed by atoms with Gasteiger partial charge in [-0.3, -0.25) is 19.4 Å². The molecule has 2 fully saturated rings. The average molecular weight is 349 g/mol. The van der Waals surface area contributed by atoms with Crippen LogP contribution < -0.4 is 4.90 Å². The van der Waals surface area contributed by atoms with E-state index in [0.717, 1.165) is 31.7 Å². The van der Waals surface area contributed by atoms with Gasteiger partial charge in [-0.25, -0.2) is 0 Å². The van der Waals surface area contributed by atoms with Crippen molar-refractivity contribution in [3.05, 3.63) is 66.2 Å². The molecule has 0 radical (unpaired) electrons. The van der Waals surface area contributed by atoms with Gasteiger partial charge in [0.15, 0.2) is 0 Å². The zero-order valence-electron chi connectivity index (χ0n) is 14.8. The zero-order valence-corrected chi connectivity index (χ0v) is 14.8. The standard InChI is InChI=1S/C21H23N3O2/c25-20-15-19(21(26)24(20)16-17-7-3-1-4-8-17)23-13-11-22(12-14-23)18-9-5-2-6-10-18/h1-10,19H,11-16H2/t19-/m0/s1. The number of benzene rings is 2. The Hall–Kier alpha value is -2.66. The Kier molecular flexibility index (Phi) is 4.71. The number of carbonyl (C=O) groups is 2. The minimum absolute atomic E-state index is 0.0491. The number of piperazine rings is 1. The molecule has 4 rings (SSSR count). The number of rotatable bonds is 4. The molecule has 2 heterocycles. The van der Waals surface area contributed by atoms with Gasteiger partial charge in [-0.1, -0.05) is 48.5 Å². The number of anilines is 1. The van der Waals surface area contributed by atoms with Gasteiger partial charge in [-0.15, -0.1) is 0 Å². The number of hydrogen-bond donors (Lipinski definition) is 0. The second-order valence-corrected chi connectivity index (χ2v) is 6.88. The Bertz CT molecular complexity index is 770. The largest absolute Gasteiger partial charge is 0.369 e. The third kappa shape index (κ3) is 3.35. The summed E-state index contributed by atoms with van der Waals surface area (Å²) < 4.78 is 0. The van der Waals surface area contributed by atoms with Crippen LogP contribution in [-0.2, 0) is 16.1 Å². The predicted octanol–water partition coefficient (Wildman–Crippen LogP) is 2.14. The van der Waals surface area contributed by atoms with E-state index in [9.17, 15) is 9.59 Å². The highest BCUT2D eigenvalue weighted by Crippen LogP contribution is 2.23. The van der Waals surface area contributed by atoms with Crippen LogP contribution in [0.1, 0.15) is 12.0 Å². The molecule has 2 aromatic rings. The first-order valence-corrected chi connectivity index (χ1v) is 9.14. The monoisotopic (exact) mass is 349 g/mol. The Labute approximate surface area is 153 Å². The van der Waals surface area contributed by atoms with Crippen LogP contribution in [0.15, 0.2) is 60.7 Å². The number of likely N-dealkylation sites (tertiary alicyclic amines) is 1. The van der Waals surface area contributed by atoms with Crippen LogP contribution in [0.2, 0.25) is 0 Å². The molecule has 0 aliphatic carbocycles. The van der Waals surface area contributed by atoms with Crippen molar-refractivity contribution in [1.82, 2.24) is 9.80 Å². The van der Waals surface area contributed by atoms with Crippen LogP contribution in [-0.4, -0.2) is 53.8 Å². The van der Waals surface area contributed by atoms with Gasteiger partial charge in [0.05, 0.1) is 19.0 Å². The maximum Gasteiger partial charge on any atom is 0.247 e. The molecule has 0 saturated carbocycles. The highest BCUT2D eigenvalue weighted by atomic mass is 16.2. The lowest BCUT2D eigenvalue weighted by atomic mass is 10.1. The van der Waals surface area contributed by atoms with Gasteiger partial charge < -0.3 is 4.90 Å². The molecular formula is C21H23N3O2. The molecule has 0 spiro atoms. The molecule has 2 saturated heterocycles. The van der Waals surface area contributed by atoms with E-state index in [1.807, 2.05) is 48.5 Å². The van der Waals surface area contributed by atoms with Gasteiger partial charge in [0.1, 0.15) is 0 Å². The second kappa shape index (κ2) is 7.30. The first-order chi connectivity index (χ1) is 12.7. The van der Waals surface area contributed by atoms with Gasteiger partial charge in [0.25, 0.3) is 0 Å². The van der Waals surface area contributed by atoms with E-state index >= 15 is 0 Å². The van der Waals surface area contributed by atoms with E-state index in [2.05, 4.69) is 21.9 Å². The lowest BCUT2D eigenvalue weighted by molar-refractivity contribution is -0.140. The average Bonchev–Trinajstić information content (AvgIpc) is 2.98. The van der Waals surface area contributed by atoms with Gasteiger partial charge in [-0.05, 0) is 17.7 Å². The molecule has 0 aromatic heterocycles. The lowest BCUT2D eigenvalue weighted by Crippen LogP contribution is -2.52. The first-order valence-electron chi connectivity index (χ1n) is 9.14. The van der Waals surface area contributed by atoms with Crippen LogP contribution in [0.3, 0.4) is 0 Å². The Balaban J connectivity index is 1.38. The van der Waals surface area contributed by atoms with Gasteiger partial charge in [-0.2, -0.15) is 0 Å². The number of carbonyl (C=O) groups excluding carboxylic acids is 2. The summed E-state index contributed by atoms with van der Waals surface area (Å²) in [5.74, 6) is -0.110. The fraction of sp³-hybridized carbons (Fsp3) is 0.333. The molecule has 2 aliphatic rings. The van der Waals surface area contributed by atoms with Gasteiger partial charge in [0.2, 0.25) is 11.8 Å². The number of imide groups is 1. The second-order valence-electron chi connectivity index (χ2n) is 6.88. The summed E-state index contributed by atoms with van der Waals surface area (Å²) in [4.78, 5) is 31.1. The van der Waals surface area contributed by atoms with Gasteiger partial charge >= 0.3 is 0 Å². The quantitative estimate of drug-likeness (QED) is 0.794. The number of para-hydroxylation sites is 1. The molecule has 2 amide bonds. The van der Waals surface area contributed by atoms with Crippen LogP contribution in [0, 0.1) is 0 Å². The van der Waals surface area contributed by atoms with E-state index in [1.165, 1.54) is 10.6 Å². The molecule has 1 atom stereocenters. The molecule has 26 heavy (non-hydrogen) atoms. The van der Waals surface area contributed by atoms with Crippen molar-refractivity contribution in [2.45, 2.75) is 19.0 Å². The molecule has 134 valence electrons. The Morgan fingerprint density at radius 2 is 1.42 bits per heavy atom. The summed E-state index contributed by atoms with van der Waals surface area (Å²) in [6.45, 7) is 3.73. The topological polar surface area (TPSA) is 43.9 Å². The van der Waals surface area contributed by atoms with Gasteiger partial charge in [0, 0.05) is 31.9 Å². The third-order valence-corrected chi connectivity index (χ3v) is 5.28. The highest BCUT2D eigenvalue weighted by Gasteiger charge is 2.42. The minimum atomic E-state index is -0.302. The first kappa shape index (κ1) is 16.8. The van der Waals surface area contributed by atoms with E-state index in [-0.39, 0.29) is 17.9 Å². The normalized spacial score (nSPS) is 21.5. The number of amides is 2. The molecule has 0 unspecified atom stereocenters. The van der Waals surface area contributed by atoms with Crippen molar-refractivity contribution in [1.29, 1.82) is 0 Å². The van der Waals surface area contributed by atoms with E-state index in [1.54, 1.807) is 0 Å². The lowest BCUT2D eigenvalue weighted by Gasteiger charge is -2.38. The maximum absolute atomic E-state index is 12.8. The zero-order chi connectivity index (χ0) is 17.9. The molecule has 5 nitrogen and oxygen atoms in total. The maximum atomic E-state index is 12.8. The van der Waals surface area contributed by atoms with Crippen LogP contribution in [0.5, 0.6) is 0 Å². The predicted molar refractivity (Wildman–Crippen MR) is 101 cm³/mol. The van der Waals surface area contributed by atoms with Crippen molar-refractivity contribution in [2.75, 3.05) is 31.1 Å². The number of hydrogen-bond acceptors (Lipinski definition) is 4. The summed E-state index contributed by atoms with van der Waals surface area (Å²) in [7, 11) is 0. The molecule has 5 heteroatoms. The summed E-state index contributed by atoms with van der Waals surface area (Å²) >= 11 is 0. The minimum Gasteiger partial charge on any atom is -0.369 e. The Morgan fingerprint density at radius 1 is 0.808 bits per heavy atom. The summed E-state index contributed by atoms with van der Waals surface area (Å²) in [6.07, 6.45) is 0.303. The molecule has 0 N–H and O–H groups in total. The fourth-order valence-electron chi connectivity index (χ4n) is 3.81. The highest BCUT2D eigenvalue weighted by molar-refractivity contribution is 6.05. The SMILES string of the molecule is O=C1C[C@H](N2CCN(c3ccccc3)CC2)C(=O)N1Cc1ccccc1. The fourth-order valence-corrected chi connectivity index (χ4v) is 3.81. The summed E-state index contributed by atoms with van der Waals surface area (Å²) in [5.41, 5.74) is 2.20. The molecular weight excluding hydrogens is 326 g/mol. The molecule has 2 aromatic carbocycles. The van der Waals surface area contributed by atoms with E-state index in [4.69, 9.17) is 0 Å². The summed E-state index contributed by atoms with van der Waals surface area (Å²) in [6, 6.07) is 19.7. The number of nitrogens with zero attached hydrogens (tertiary/aromatic N) is 3. The molecule has 0 bridgehead atoms. The Morgan fingerprint density at radius 3 is 2.08 bits per heavy atom. The van der Waals surface area contributed by atoms with Crippen molar-refractivity contribution < 1.29 is 9.59 Å². The van der Waals surface area contributed by atoms with Crippen LogP contribution in [0.25, 0.3) is 0 Å². The van der Waals surface area contributed by atoms with Crippen molar-refractivity contribution in [2.24, 2.45) is 0 Å². The van der Waals surface area contributed by atoms with Crippen LogP contribution in [0.4, 0.5) is 5.69 Å². The smallest absolute Gasteiger partial charge is 0.247 e.